The van der Waals surface area contributed by atoms with Crippen LogP contribution in [-0.2, 0) is 0 Å². The average Bonchev–Trinajstić information content (AvgIpc) is 2.43. The van der Waals surface area contributed by atoms with E-state index in [-0.39, 0.29) is 11.6 Å². The highest BCUT2D eigenvalue weighted by Gasteiger charge is 2.41. The molecular weight excluding hydrogens is 232 g/mol. The van der Waals surface area contributed by atoms with Crippen LogP contribution in [-0.4, -0.2) is 23.5 Å². The van der Waals surface area contributed by atoms with Crippen LogP contribution in [0.1, 0.15) is 38.3 Å². The van der Waals surface area contributed by atoms with Crippen molar-refractivity contribution in [1.29, 1.82) is 0 Å². The predicted octanol–water partition coefficient (Wildman–Crippen LogP) is 3.36. The van der Waals surface area contributed by atoms with Gasteiger partial charge in [0.15, 0.2) is 0 Å². The highest BCUT2D eigenvalue weighted by atomic mass is 15.2. The number of nitrogens with two attached hydrogens (primary N) is 1. The fraction of sp³-hybridized carbons (Fsp3) is 0.529. The summed E-state index contributed by atoms with van der Waals surface area (Å²) in [7, 11) is 0. The molecule has 1 aliphatic rings. The fourth-order valence-electron chi connectivity index (χ4n) is 3.18. The van der Waals surface area contributed by atoms with E-state index in [1.54, 1.807) is 0 Å². The Bertz CT molecular complexity index is 415. The predicted molar refractivity (Wildman–Crippen MR) is 81.9 cm³/mol. The molecule has 1 aromatic carbocycles. The molecule has 0 aromatic heterocycles. The molecule has 1 fully saturated rings. The second kappa shape index (κ2) is 5.89. The molecule has 0 radical (unpaired) electrons. The van der Waals surface area contributed by atoms with E-state index in [9.17, 15) is 0 Å². The number of hydrogen-bond acceptors (Lipinski definition) is 2. The first kappa shape index (κ1) is 14.3. The van der Waals surface area contributed by atoms with Gasteiger partial charge in [-0.05, 0) is 31.2 Å². The van der Waals surface area contributed by atoms with Crippen molar-refractivity contribution < 1.29 is 0 Å². The normalized spacial score (nSPS) is 29.9. The van der Waals surface area contributed by atoms with Crippen molar-refractivity contribution in [3.05, 3.63) is 48.6 Å². The summed E-state index contributed by atoms with van der Waals surface area (Å²) in [5, 5.41) is 0. The van der Waals surface area contributed by atoms with E-state index in [1.165, 1.54) is 12.0 Å². The molecule has 1 aromatic rings. The highest BCUT2D eigenvalue weighted by Crippen LogP contribution is 2.38. The summed E-state index contributed by atoms with van der Waals surface area (Å²) >= 11 is 0. The van der Waals surface area contributed by atoms with Gasteiger partial charge in [-0.3, -0.25) is 4.90 Å². The molecule has 1 heterocycles. The molecule has 0 spiro atoms. The van der Waals surface area contributed by atoms with Gasteiger partial charge in [-0.15, -0.1) is 6.58 Å². The lowest BCUT2D eigenvalue weighted by Gasteiger charge is -2.50. The van der Waals surface area contributed by atoms with Crippen LogP contribution >= 0.6 is 0 Å². The molecule has 0 saturated carbocycles. The Morgan fingerprint density at radius 2 is 2.16 bits per heavy atom. The number of likely N-dealkylation sites (tertiary alicyclic amines) is 1. The van der Waals surface area contributed by atoms with Crippen molar-refractivity contribution >= 4 is 0 Å². The molecule has 2 heteroatoms. The first-order chi connectivity index (χ1) is 9.08. The van der Waals surface area contributed by atoms with Crippen molar-refractivity contribution in [3.63, 3.8) is 0 Å². The zero-order chi connectivity index (χ0) is 13.9. The Balaban J connectivity index is 2.25. The number of hydrogen-bond donors (Lipinski definition) is 1. The van der Waals surface area contributed by atoms with E-state index in [1.807, 2.05) is 12.1 Å². The maximum Gasteiger partial charge on any atom is 0.0479 e. The standard InChI is InChI=1S/C17H26N2/c1-4-12-19-13-14(2)10-11-17(19,3)16(18)15-8-6-5-7-9-15/h4-9,14,16H,1,10-13,18H2,2-3H3/t14?,16-,17?/m1/s1. The van der Waals surface area contributed by atoms with Crippen molar-refractivity contribution in [1.82, 2.24) is 4.90 Å². The monoisotopic (exact) mass is 258 g/mol. The Morgan fingerprint density at radius 3 is 2.79 bits per heavy atom. The molecule has 0 amide bonds. The van der Waals surface area contributed by atoms with Crippen LogP contribution in [0.2, 0.25) is 0 Å². The summed E-state index contributed by atoms with van der Waals surface area (Å²) < 4.78 is 0. The summed E-state index contributed by atoms with van der Waals surface area (Å²) in [6.45, 7) is 10.6. The van der Waals surface area contributed by atoms with Gasteiger partial charge in [0.25, 0.3) is 0 Å². The van der Waals surface area contributed by atoms with Gasteiger partial charge in [0.1, 0.15) is 0 Å². The third-order valence-corrected chi connectivity index (χ3v) is 4.58. The Kier molecular flexibility index (Phi) is 4.43. The average molecular weight is 258 g/mol. The Morgan fingerprint density at radius 1 is 1.47 bits per heavy atom. The smallest absolute Gasteiger partial charge is 0.0479 e. The maximum absolute atomic E-state index is 6.59. The van der Waals surface area contributed by atoms with Gasteiger partial charge < -0.3 is 5.73 Å². The van der Waals surface area contributed by atoms with Crippen LogP contribution < -0.4 is 5.73 Å². The summed E-state index contributed by atoms with van der Waals surface area (Å²) in [6.07, 6.45) is 4.40. The molecule has 19 heavy (non-hydrogen) atoms. The minimum atomic E-state index is 0.0298. The number of benzene rings is 1. The molecule has 2 nitrogen and oxygen atoms in total. The second-order valence-corrected chi connectivity index (χ2v) is 6.08. The first-order valence-corrected chi connectivity index (χ1v) is 7.24. The molecule has 2 N–H and O–H groups in total. The molecule has 0 aliphatic carbocycles. The van der Waals surface area contributed by atoms with Crippen molar-refractivity contribution in [3.8, 4) is 0 Å². The molecule has 0 bridgehead atoms. The van der Waals surface area contributed by atoms with Crippen molar-refractivity contribution in [2.75, 3.05) is 13.1 Å². The van der Waals surface area contributed by atoms with Crippen LogP contribution in [0.5, 0.6) is 0 Å². The quantitative estimate of drug-likeness (QED) is 0.839. The van der Waals surface area contributed by atoms with E-state index < -0.39 is 0 Å². The van der Waals surface area contributed by atoms with Crippen LogP contribution in [0.25, 0.3) is 0 Å². The molecule has 2 rings (SSSR count). The number of rotatable bonds is 4. The second-order valence-electron chi connectivity index (χ2n) is 6.08. The third kappa shape index (κ3) is 2.90. The first-order valence-electron chi connectivity index (χ1n) is 7.24. The summed E-state index contributed by atoms with van der Waals surface area (Å²) in [4.78, 5) is 2.51. The summed E-state index contributed by atoms with van der Waals surface area (Å²) in [5.74, 6) is 0.746. The molecule has 2 unspecified atom stereocenters. The molecule has 3 atom stereocenters. The van der Waals surface area contributed by atoms with Crippen LogP contribution in [0.3, 0.4) is 0 Å². The van der Waals surface area contributed by atoms with Crippen LogP contribution in [0, 0.1) is 5.92 Å². The van der Waals surface area contributed by atoms with Gasteiger partial charge in [0, 0.05) is 24.7 Å². The molecule has 1 aliphatic heterocycles. The third-order valence-electron chi connectivity index (χ3n) is 4.58. The molecule has 104 valence electrons. The molecular formula is C17H26N2. The summed E-state index contributed by atoms with van der Waals surface area (Å²) in [6, 6.07) is 10.5. The number of piperidine rings is 1. The van der Waals surface area contributed by atoms with Gasteiger partial charge in [-0.1, -0.05) is 43.3 Å². The van der Waals surface area contributed by atoms with E-state index in [0.29, 0.717) is 0 Å². The summed E-state index contributed by atoms with van der Waals surface area (Å²) in [5.41, 5.74) is 7.85. The van der Waals surface area contributed by atoms with Crippen molar-refractivity contribution in [2.24, 2.45) is 11.7 Å². The topological polar surface area (TPSA) is 29.3 Å². The van der Waals surface area contributed by atoms with Gasteiger partial charge in [0.2, 0.25) is 0 Å². The van der Waals surface area contributed by atoms with Crippen LogP contribution in [0.4, 0.5) is 0 Å². The van der Waals surface area contributed by atoms with E-state index >= 15 is 0 Å². The highest BCUT2D eigenvalue weighted by molar-refractivity contribution is 5.23. The number of nitrogens with zero attached hydrogens (tertiary/aromatic N) is 1. The fourth-order valence-corrected chi connectivity index (χ4v) is 3.18. The minimum absolute atomic E-state index is 0.0298. The van der Waals surface area contributed by atoms with Gasteiger partial charge in [0.05, 0.1) is 0 Å². The zero-order valence-corrected chi connectivity index (χ0v) is 12.2. The SMILES string of the molecule is C=CCN1CC(C)CCC1(C)[C@H](N)c1ccccc1. The Labute approximate surface area is 117 Å². The van der Waals surface area contributed by atoms with Gasteiger partial charge >= 0.3 is 0 Å². The lowest BCUT2D eigenvalue weighted by molar-refractivity contribution is 0.0266. The van der Waals surface area contributed by atoms with E-state index in [4.69, 9.17) is 5.73 Å². The van der Waals surface area contributed by atoms with Crippen molar-refractivity contribution in [2.45, 2.75) is 38.3 Å². The van der Waals surface area contributed by atoms with Gasteiger partial charge in [-0.2, -0.15) is 0 Å². The van der Waals surface area contributed by atoms with Crippen LogP contribution in [0.15, 0.2) is 43.0 Å². The maximum atomic E-state index is 6.59. The lowest BCUT2D eigenvalue weighted by atomic mass is 9.77. The van der Waals surface area contributed by atoms with E-state index in [0.717, 1.165) is 25.4 Å². The largest absolute Gasteiger partial charge is 0.322 e. The van der Waals surface area contributed by atoms with E-state index in [2.05, 4.69) is 49.6 Å². The molecule has 1 saturated heterocycles. The zero-order valence-electron chi connectivity index (χ0n) is 12.2. The lowest BCUT2D eigenvalue weighted by Crippen LogP contribution is -2.57. The Hall–Kier alpha value is -1.12. The minimum Gasteiger partial charge on any atom is -0.322 e. The van der Waals surface area contributed by atoms with Gasteiger partial charge in [-0.25, -0.2) is 0 Å².